The maximum Gasteiger partial charge on any atom is 0.305 e. The molecule has 0 amide bonds. The fourth-order valence-electron chi connectivity index (χ4n) is 1.74. The van der Waals surface area contributed by atoms with Crippen molar-refractivity contribution in [2.75, 3.05) is 7.11 Å². The number of esters is 1. The molecule has 0 spiro atoms. The highest BCUT2D eigenvalue weighted by Crippen LogP contribution is 2.17. The summed E-state index contributed by atoms with van der Waals surface area (Å²) in [6.07, 6.45) is 4.04. The highest BCUT2D eigenvalue weighted by molar-refractivity contribution is 5.69. The van der Waals surface area contributed by atoms with Crippen molar-refractivity contribution in [2.45, 2.75) is 19.3 Å². The lowest BCUT2D eigenvalue weighted by Gasteiger charge is -2.13. The summed E-state index contributed by atoms with van der Waals surface area (Å²) in [7, 11) is 1.43. The van der Waals surface area contributed by atoms with E-state index in [0.29, 0.717) is 6.42 Å². The molecular formula is C14H18O2. The first-order valence-corrected chi connectivity index (χ1v) is 5.48. The number of rotatable bonds is 6. The van der Waals surface area contributed by atoms with Crippen molar-refractivity contribution >= 4 is 5.97 Å². The zero-order chi connectivity index (χ0) is 11.8. The van der Waals surface area contributed by atoms with Gasteiger partial charge in [0.15, 0.2) is 0 Å². The molecule has 0 radical (unpaired) electrons. The minimum absolute atomic E-state index is 0.150. The molecule has 1 aromatic rings. The molecule has 0 bridgehead atoms. The van der Waals surface area contributed by atoms with Crippen molar-refractivity contribution < 1.29 is 9.53 Å². The molecule has 1 unspecified atom stereocenters. The molecule has 0 saturated carbocycles. The van der Waals surface area contributed by atoms with Crippen molar-refractivity contribution in [1.82, 2.24) is 0 Å². The van der Waals surface area contributed by atoms with Crippen molar-refractivity contribution in [1.29, 1.82) is 0 Å². The Labute approximate surface area is 96.9 Å². The Kier molecular flexibility index (Phi) is 5.34. The molecule has 1 aromatic carbocycles. The van der Waals surface area contributed by atoms with Gasteiger partial charge in [-0.25, -0.2) is 0 Å². The van der Waals surface area contributed by atoms with Gasteiger partial charge in [0.25, 0.3) is 0 Å². The molecule has 1 atom stereocenters. The van der Waals surface area contributed by atoms with Crippen molar-refractivity contribution in [3.63, 3.8) is 0 Å². The van der Waals surface area contributed by atoms with Gasteiger partial charge in [-0.05, 0) is 24.3 Å². The largest absolute Gasteiger partial charge is 0.469 e. The molecule has 0 aliphatic heterocycles. The summed E-state index contributed by atoms with van der Waals surface area (Å²) in [5.41, 5.74) is 1.25. The Bertz CT molecular complexity index is 330. The van der Waals surface area contributed by atoms with E-state index in [2.05, 4.69) is 18.7 Å². The number of carbonyl (C=O) groups is 1. The summed E-state index contributed by atoms with van der Waals surface area (Å²) >= 11 is 0. The normalized spacial score (nSPS) is 11.8. The lowest BCUT2D eigenvalue weighted by Crippen LogP contribution is -2.11. The van der Waals surface area contributed by atoms with Crippen LogP contribution >= 0.6 is 0 Å². The maximum atomic E-state index is 11.2. The van der Waals surface area contributed by atoms with Gasteiger partial charge in [0, 0.05) is 6.42 Å². The molecule has 1 rings (SSSR count). The van der Waals surface area contributed by atoms with Gasteiger partial charge in [0.05, 0.1) is 7.11 Å². The monoisotopic (exact) mass is 218 g/mol. The van der Waals surface area contributed by atoms with Crippen LogP contribution < -0.4 is 0 Å². The number of methoxy groups -OCH3 is 1. The minimum Gasteiger partial charge on any atom is -0.469 e. The molecule has 2 nitrogen and oxygen atoms in total. The Hall–Kier alpha value is -1.57. The van der Waals surface area contributed by atoms with Crippen LogP contribution in [-0.2, 0) is 16.0 Å². The number of benzene rings is 1. The lowest BCUT2D eigenvalue weighted by molar-refractivity contribution is -0.141. The van der Waals surface area contributed by atoms with Crippen LogP contribution in [0.4, 0.5) is 0 Å². The predicted octanol–water partition coefficient (Wildman–Crippen LogP) is 2.98. The predicted molar refractivity (Wildman–Crippen MR) is 65.1 cm³/mol. The second-order valence-electron chi connectivity index (χ2n) is 3.86. The number of hydrogen-bond acceptors (Lipinski definition) is 2. The number of hydrogen-bond donors (Lipinski definition) is 0. The third-order valence-electron chi connectivity index (χ3n) is 2.55. The summed E-state index contributed by atoms with van der Waals surface area (Å²) in [4.78, 5) is 11.2. The molecule has 16 heavy (non-hydrogen) atoms. The Morgan fingerprint density at radius 1 is 1.44 bits per heavy atom. The van der Waals surface area contributed by atoms with Crippen LogP contribution in [-0.4, -0.2) is 13.1 Å². The van der Waals surface area contributed by atoms with Gasteiger partial charge >= 0.3 is 5.97 Å². The second-order valence-corrected chi connectivity index (χ2v) is 3.86. The van der Waals surface area contributed by atoms with Gasteiger partial charge in [-0.1, -0.05) is 36.4 Å². The fourth-order valence-corrected chi connectivity index (χ4v) is 1.74. The zero-order valence-corrected chi connectivity index (χ0v) is 9.69. The molecule has 2 heteroatoms. The van der Waals surface area contributed by atoms with Crippen LogP contribution in [0, 0.1) is 5.92 Å². The number of ether oxygens (including phenoxy) is 1. The number of allylic oxidation sites excluding steroid dienone is 1. The Morgan fingerprint density at radius 3 is 2.69 bits per heavy atom. The average Bonchev–Trinajstić information content (AvgIpc) is 2.30. The van der Waals surface area contributed by atoms with Crippen molar-refractivity contribution in [3.05, 3.63) is 48.6 Å². The fraction of sp³-hybridized carbons (Fsp3) is 0.357. The van der Waals surface area contributed by atoms with Crippen molar-refractivity contribution in [2.24, 2.45) is 5.92 Å². The second kappa shape index (κ2) is 6.83. The van der Waals surface area contributed by atoms with Gasteiger partial charge in [-0.15, -0.1) is 6.58 Å². The highest BCUT2D eigenvalue weighted by atomic mass is 16.5. The molecule has 0 saturated heterocycles. The van der Waals surface area contributed by atoms with E-state index in [-0.39, 0.29) is 11.9 Å². The summed E-state index contributed by atoms with van der Waals surface area (Å²) in [6.45, 7) is 3.72. The van der Waals surface area contributed by atoms with Gasteiger partial charge in [-0.3, -0.25) is 4.79 Å². The van der Waals surface area contributed by atoms with Crippen LogP contribution in [0.2, 0.25) is 0 Å². The molecule has 0 aliphatic carbocycles. The van der Waals surface area contributed by atoms with Gasteiger partial charge in [0.2, 0.25) is 0 Å². The minimum atomic E-state index is -0.150. The molecule has 0 aliphatic rings. The first kappa shape index (κ1) is 12.5. The van der Waals surface area contributed by atoms with E-state index in [1.54, 1.807) is 0 Å². The van der Waals surface area contributed by atoms with E-state index in [4.69, 9.17) is 4.74 Å². The van der Waals surface area contributed by atoms with E-state index < -0.39 is 0 Å². The Morgan fingerprint density at radius 2 is 2.12 bits per heavy atom. The number of carbonyl (C=O) groups excluding carboxylic acids is 1. The summed E-state index contributed by atoms with van der Waals surface area (Å²) in [5.74, 6) is 0.134. The van der Waals surface area contributed by atoms with Crippen molar-refractivity contribution in [3.8, 4) is 0 Å². The zero-order valence-electron chi connectivity index (χ0n) is 9.69. The molecular weight excluding hydrogens is 200 g/mol. The Balaban J connectivity index is 2.57. The molecule has 0 heterocycles. The van der Waals surface area contributed by atoms with E-state index >= 15 is 0 Å². The summed E-state index contributed by atoms with van der Waals surface area (Å²) in [5, 5.41) is 0. The summed E-state index contributed by atoms with van der Waals surface area (Å²) in [6, 6.07) is 10.2. The first-order valence-electron chi connectivity index (χ1n) is 5.48. The van der Waals surface area contributed by atoms with E-state index in [9.17, 15) is 4.79 Å². The third-order valence-corrected chi connectivity index (χ3v) is 2.55. The quantitative estimate of drug-likeness (QED) is 0.542. The van der Waals surface area contributed by atoms with Crippen LogP contribution in [0.3, 0.4) is 0 Å². The van der Waals surface area contributed by atoms with Crippen LogP contribution in [0.5, 0.6) is 0 Å². The van der Waals surface area contributed by atoms with E-state index in [1.807, 2.05) is 24.3 Å². The molecule has 0 N–H and O–H groups in total. The van der Waals surface area contributed by atoms with Gasteiger partial charge in [-0.2, -0.15) is 0 Å². The van der Waals surface area contributed by atoms with Crippen LogP contribution in [0.1, 0.15) is 18.4 Å². The first-order chi connectivity index (χ1) is 7.76. The third kappa shape index (κ3) is 4.30. The van der Waals surface area contributed by atoms with E-state index in [0.717, 1.165) is 12.8 Å². The molecule has 0 fully saturated rings. The standard InChI is InChI=1S/C14H18O2/c1-3-7-13(11-14(15)16-2)10-12-8-5-4-6-9-12/h3-6,8-9,13H,1,7,10-11H2,2H3. The van der Waals surface area contributed by atoms with Crippen LogP contribution in [0.15, 0.2) is 43.0 Å². The average molecular weight is 218 g/mol. The van der Waals surface area contributed by atoms with E-state index in [1.165, 1.54) is 12.7 Å². The van der Waals surface area contributed by atoms with Crippen LogP contribution in [0.25, 0.3) is 0 Å². The highest BCUT2D eigenvalue weighted by Gasteiger charge is 2.13. The van der Waals surface area contributed by atoms with Gasteiger partial charge in [0.1, 0.15) is 0 Å². The SMILES string of the molecule is C=CCC(CC(=O)OC)Cc1ccccc1. The summed E-state index contributed by atoms with van der Waals surface area (Å²) < 4.78 is 4.69. The lowest BCUT2D eigenvalue weighted by atomic mass is 9.93. The molecule has 86 valence electrons. The molecule has 0 aromatic heterocycles. The topological polar surface area (TPSA) is 26.3 Å². The maximum absolute atomic E-state index is 11.2. The van der Waals surface area contributed by atoms with Gasteiger partial charge < -0.3 is 4.74 Å². The smallest absolute Gasteiger partial charge is 0.305 e.